The van der Waals surface area contributed by atoms with Crippen LogP contribution in [0.15, 0.2) is 18.2 Å². The van der Waals surface area contributed by atoms with Crippen LogP contribution < -0.4 is 16.0 Å². The fraction of sp³-hybridized carbons (Fsp3) is 0.556. The minimum atomic E-state index is -2.41. The van der Waals surface area contributed by atoms with Gasteiger partial charge in [-0.05, 0) is 56.5 Å². The zero-order chi connectivity index (χ0) is 18.0. The van der Waals surface area contributed by atoms with E-state index in [1.54, 1.807) is 18.2 Å². The van der Waals surface area contributed by atoms with Crippen LogP contribution in [-0.4, -0.2) is 37.4 Å². The molecule has 1 aromatic carbocycles. The molecule has 5 nitrogen and oxygen atoms in total. The van der Waals surface area contributed by atoms with Gasteiger partial charge in [-0.3, -0.25) is 14.9 Å². The van der Waals surface area contributed by atoms with Crippen molar-refractivity contribution in [3.05, 3.63) is 29.3 Å². The lowest BCUT2D eigenvalue weighted by atomic mass is 9.73. The normalized spacial score (nSPS) is 23.4. The molecule has 2 amide bonds. The number of rotatable bonds is 4. The number of carbonyl (C=O) groups is 2. The monoisotopic (exact) mass is 351 g/mol. The van der Waals surface area contributed by atoms with E-state index in [1.807, 2.05) is 6.92 Å². The summed E-state index contributed by atoms with van der Waals surface area (Å²) in [7, 11) is 0. The highest BCUT2D eigenvalue weighted by Gasteiger charge is 2.42. The van der Waals surface area contributed by atoms with E-state index in [9.17, 15) is 18.4 Å². The molecule has 136 valence electrons. The Morgan fingerprint density at radius 2 is 1.96 bits per heavy atom. The first-order valence-electron chi connectivity index (χ1n) is 8.62. The fourth-order valence-electron chi connectivity index (χ4n) is 3.66. The van der Waals surface area contributed by atoms with Gasteiger partial charge in [0.15, 0.2) is 0 Å². The third kappa shape index (κ3) is 3.51. The summed E-state index contributed by atoms with van der Waals surface area (Å²) in [6.45, 7) is 3.01. The number of amides is 2. The number of hydrogen-bond donors (Lipinski definition) is 3. The maximum absolute atomic E-state index is 13.8. The smallest absolute Gasteiger partial charge is 0.249 e. The minimum absolute atomic E-state index is 0.264. The molecular formula is C18H23F2N3O2. The van der Waals surface area contributed by atoms with Crippen molar-refractivity contribution >= 4 is 17.5 Å². The van der Waals surface area contributed by atoms with Gasteiger partial charge in [0.1, 0.15) is 6.04 Å². The molecule has 2 heterocycles. The summed E-state index contributed by atoms with van der Waals surface area (Å²) in [6, 6.07) is 4.82. The lowest BCUT2D eigenvalue weighted by Gasteiger charge is -2.37. The molecule has 2 saturated heterocycles. The van der Waals surface area contributed by atoms with Gasteiger partial charge in [0, 0.05) is 12.1 Å². The van der Waals surface area contributed by atoms with E-state index >= 15 is 0 Å². The van der Waals surface area contributed by atoms with Crippen molar-refractivity contribution in [1.29, 1.82) is 0 Å². The Balaban J connectivity index is 1.81. The van der Waals surface area contributed by atoms with Crippen molar-refractivity contribution < 1.29 is 18.4 Å². The van der Waals surface area contributed by atoms with Gasteiger partial charge >= 0.3 is 0 Å². The fourth-order valence-corrected chi connectivity index (χ4v) is 3.66. The molecule has 2 aliphatic heterocycles. The zero-order valence-corrected chi connectivity index (χ0v) is 14.2. The number of imide groups is 1. The quantitative estimate of drug-likeness (QED) is 0.727. The molecule has 1 unspecified atom stereocenters. The molecule has 0 saturated carbocycles. The highest BCUT2D eigenvalue weighted by molar-refractivity contribution is 6.01. The molecule has 2 aliphatic rings. The zero-order valence-electron chi connectivity index (χ0n) is 14.2. The molecular weight excluding hydrogens is 328 g/mol. The Labute approximate surface area is 145 Å². The predicted octanol–water partition coefficient (Wildman–Crippen LogP) is 2.10. The number of nitrogens with one attached hydrogen (secondary N) is 3. The van der Waals surface area contributed by atoms with E-state index in [2.05, 4.69) is 16.0 Å². The number of anilines is 1. The third-order valence-electron chi connectivity index (χ3n) is 5.28. The minimum Gasteiger partial charge on any atom is -0.373 e. The van der Waals surface area contributed by atoms with E-state index in [0.717, 1.165) is 11.3 Å². The van der Waals surface area contributed by atoms with Crippen molar-refractivity contribution in [2.24, 2.45) is 0 Å². The van der Waals surface area contributed by atoms with Gasteiger partial charge in [0.2, 0.25) is 18.2 Å². The number of alkyl halides is 2. The van der Waals surface area contributed by atoms with E-state index < -0.39 is 17.9 Å². The van der Waals surface area contributed by atoms with E-state index in [-0.39, 0.29) is 11.8 Å². The van der Waals surface area contributed by atoms with Gasteiger partial charge in [-0.25, -0.2) is 8.78 Å². The number of hydrogen-bond acceptors (Lipinski definition) is 4. The summed E-state index contributed by atoms with van der Waals surface area (Å²) in [4.78, 5) is 23.1. The summed E-state index contributed by atoms with van der Waals surface area (Å²) in [5.41, 5.74) is 1.09. The highest BCUT2D eigenvalue weighted by Crippen LogP contribution is 2.40. The van der Waals surface area contributed by atoms with E-state index in [0.29, 0.717) is 44.3 Å². The highest BCUT2D eigenvalue weighted by atomic mass is 19.3. The second kappa shape index (κ2) is 7.07. The molecule has 1 aromatic rings. The average Bonchev–Trinajstić information content (AvgIpc) is 2.59. The Hall–Kier alpha value is -2.02. The number of carbonyl (C=O) groups excluding carboxylic acids is 2. The topological polar surface area (TPSA) is 70.2 Å². The Morgan fingerprint density at radius 1 is 1.24 bits per heavy atom. The molecule has 0 aromatic heterocycles. The first-order valence-corrected chi connectivity index (χ1v) is 8.62. The van der Waals surface area contributed by atoms with Crippen molar-refractivity contribution in [2.75, 3.05) is 18.4 Å². The maximum Gasteiger partial charge on any atom is 0.249 e. The summed E-state index contributed by atoms with van der Waals surface area (Å²) >= 11 is 0. The number of aryl methyl sites for hydroxylation is 1. The van der Waals surface area contributed by atoms with Gasteiger partial charge in [-0.2, -0.15) is 0 Å². The Kier molecular flexibility index (Phi) is 5.03. The standard InChI is InChI=1S/C18H23F2N3O2/c1-11-10-12(18(17(19)20)6-8-21-9-7-18)2-3-13(11)22-14-4-5-15(24)23-16(14)25/h2-3,10,14,17,21-22H,4-9H2,1H3,(H,23,24,25). The summed E-state index contributed by atoms with van der Waals surface area (Å²) in [5.74, 6) is -0.609. The van der Waals surface area contributed by atoms with Crippen LogP contribution in [0.25, 0.3) is 0 Å². The Bertz CT molecular complexity index is 672. The first kappa shape index (κ1) is 17.8. The molecule has 25 heavy (non-hydrogen) atoms. The van der Waals surface area contributed by atoms with Crippen LogP contribution >= 0.6 is 0 Å². The molecule has 0 bridgehead atoms. The Morgan fingerprint density at radius 3 is 2.56 bits per heavy atom. The van der Waals surface area contributed by atoms with E-state index in [1.165, 1.54) is 0 Å². The molecule has 0 aliphatic carbocycles. The van der Waals surface area contributed by atoms with Crippen LogP contribution in [0.5, 0.6) is 0 Å². The molecule has 1 atom stereocenters. The van der Waals surface area contributed by atoms with Crippen molar-refractivity contribution in [3.63, 3.8) is 0 Å². The second-order valence-corrected chi connectivity index (χ2v) is 6.88. The SMILES string of the molecule is Cc1cc(C2(C(F)F)CCNCC2)ccc1NC1CCC(=O)NC1=O. The second-order valence-electron chi connectivity index (χ2n) is 6.88. The maximum atomic E-state index is 13.8. The summed E-state index contributed by atoms with van der Waals surface area (Å²) in [6.07, 6.45) is -0.878. The molecule has 3 N–H and O–H groups in total. The third-order valence-corrected chi connectivity index (χ3v) is 5.28. The predicted molar refractivity (Wildman–Crippen MR) is 90.8 cm³/mol. The molecule has 7 heteroatoms. The van der Waals surface area contributed by atoms with Crippen LogP contribution in [0.4, 0.5) is 14.5 Å². The molecule has 0 radical (unpaired) electrons. The van der Waals surface area contributed by atoms with Crippen LogP contribution in [0.1, 0.15) is 36.8 Å². The molecule has 3 rings (SSSR count). The summed E-state index contributed by atoms with van der Waals surface area (Å²) in [5, 5.41) is 8.57. The number of benzene rings is 1. The van der Waals surface area contributed by atoms with Gasteiger partial charge < -0.3 is 10.6 Å². The van der Waals surface area contributed by atoms with Crippen molar-refractivity contribution in [1.82, 2.24) is 10.6 Å². The largest absolute Gasteiger partial charge is 0.373 e. The average molecular weight is 351 g/mol. The lowest BCUT2D eigenvalue weighted by Crippen LogP contribution is -2.47. The van der Waals surface area contributed by atoms with Crippen LogP contribution in [0.3, 0.4) is 0 Å². The number of halogens is 2. The van der Waals surface area contributed by atoms with Crippen LogP contribution in [0.2, 0.25) is 0 Å². The lowest BCUT2D eigenvalue weighted by molar-refractivity contribution is -0.133. The van der Waals surface area contributed by atoms with Crippen molar-refractivity contribution in [2.45, 2.75) is 50.5 Å². The van der Waals surface area contributed by atoms with Gasteiger partial charge in [-0.15, -0.1) is 0 Å². The molecule has 2 fully saturated rings. The molecule has 0 spiro atoms. The van der Waals surface area contributed by atoms with Crippen LogP contribution in [-0.2, 0) is 15.0 Å². The van der Waals surface area contributed by atoms with Gasteiger partial charge in [0.05, 0.1) is 5.41 Å². The number of piperidine rings is 2. The van der Waals surface area contributed by atoms with Gasteiger partial charge in [-0.1, -0.05) is 12.1 Å². The first-order chi connectivity index (χ1) is 11.9. The van der Waals surface area contributed by atoms with E-state index in [4.69, 9.17) is 0 Å². The van der Waals surface area contributed by atoms with Gasteiger partial charge in [0.25, 0.3) is 0 Å². The summed E-state index contributed by atoms with van der Waals surface area (Å²) < 4.78 is 27.7. The van der Waals surface area contributed by atoms with Crippen LogP contribution in [0, 0.1) is 6.92 Å². The van der Waals surface area contributed by atoms with Crippen molar-refractivity contribution in [3.8, 4) is 0 Å².